The van der Waals surface area contributed by atoms with Crippen LogP contribution in [0.2, 0.25) is 0 Å². The highest BCUT2D eigenvalue weighted by Crippen LogP contribution is 2.23. The van der Waals surface area contributed by atoms with Crippen molar-refractivity contribution in [1.29, 1.82) is 0 Å². The Morgan fingerprint density at radius 3 is 2.94 bits per heavy atom. The molecule has 0 aliphatic carbocycles. The fourth-order valence-corrected chi connectivity index (χ4v) is 2.53. The summed E-state index contributed by atoms with van der Waals surface area (Å²) in [4.78, 5) is 6.85. The van der Waals surface area contributed by atoms with Crippen molar-refractivity contribution in [2.75, 3.05) is 19.6 Å². The van der Waals surface area contributed by atoms with E-state index in [0.717, 1.165) is 31.2 Å². The Labute approximate surface area is 104 Å². The van der Waals surface area contributed by atoms with Crippen LogP contribution in [0.5, 0.6) is 0 Å². The van der Waals surface area contributed by atoms with E-state index in [9.17, 15) is 0 Å². The van der Waals surface area contributed by atoms with Crippen molar-refractivity contribution in [1.82, 2.24) is 9.88 Å². The van der Waals surface area contributed by atoms with Gasteiger partial charge in [0, 0.05) is 25.0 Å². The minimum absolute atomic E-state index is 0.655. The molecule has 1 aliphatic rings. The van der Waals surface area contributed by atoms with E-state index < -0.39 is 0 Å². The summed E-state index contributed by atoms with van der Waals surface area (Å²) >= 11 is 0. The highest BCUT2D eigenvalue weighted by molar-refractivity contribution is 5.13. The lowest BCUT2D eigenvalue weighted by molar-refractivity contribution is 0.126. The Morgan fingerprint density at radius 2 is 2.29 bits per heavy atom. The molecule has 0 saturated carbocycles. The molecular formula is C14H23N3. The highest BCUT2D eigenvalue weighted by atomic mass is 15.1. The SMILES string of the molecule is Cc1ccc(CN2CCC(C)C(CN)C2)cn1. The summed E-state index contributed by atoms with van der Waals surface area (Å²) in [5.74, 6) is 1.43. The first-order valence-corrected chi connectivity index (χ1v) is 6.53. The van der Waals surface area contributed by atoms with Gasteiger partial charge < -0.3 is 5.73 Å². The van der Waals surface area contributed by atoms with Crippen molar-refractivity contribution < 1.29 is 0 Å². The lowest BCUT2D eigenvalue weighted by Gasteiger charge is -2.36. The third-order valence-electron chi connectivity index (χ3n) is 3.88. The van der Waals surface area contributed by atoms with E-state index in [1.807, 2.05) is 13.1 Å². The largest absolute Gasteiger partial charge is 0.330 e. The molecule has 2 N–H and O–H groups in total. The third-order valence-corrected chi connectivity index (χ3v) is 3.88. The lowest BCUT2D eigenvalue weighted by Crippen LogP contribution is -2.42. The maximum atomic E-state index is 5.83. The summed E-state index contributed by atoms with van der Waals surface area (Å²) < 4.78 is 0. The molecule has 2 unspecified atom stereocenters. The smallest absolute Gasteiger partial charge is 0.0372 e. The summed E-state index contributed by atoms with van der Waals surface area (Å²) in [6.45, 7) is 8.48. The first kappa shape index (κ1) is 12.5. The second-order valence-corrected chi connectivity index (χ2v) is 5.30. The summed E-state index contributed by atoms with van der Waals surface area (Å²) in [6.07, 6.45) is 3.26. The fraction of sp³-hybridized carbons (Fsp3) is 0.643. The van der Waals surface area contributed by atoms with E-state index in [4.69, 9.17) is 5.73 Å². The van der Waals surface area contributed by atoms with Gasteiger partial charge in [-0.05, 0) is 49.9 Å². The number of hydrogen-bond acceptors (Lipinski definition) is 3. The monoisotopic (exact) mass is 233 g/mol. The van der Waals surface area contributed by atoms with Crippen LogP contribution in [0.15, 0.2) is 18.3 Å². The van der Waals surface area contributed by atoms with Gasteiger partial charge in [-0.15, -0.1) is 0 Å². The molecule has 2 atom stereocenters. The number of aryl methyl sites for hydroxylation is 1. The molecule has 1 aromatic rings. The quantitative estimate of drug-likeness (QED) is 0.865. The average molecular weight is 233 g/mol. The summed E-state index contributed by atoms with van der Waals surface area (Å²) in [6, 6.07) is 4.26. The van der Waals surface area contributed by atoms with Crippen LogP contribution in [0.1, 0.15) is 24.6 Å². The van der Waals surface area contributed by atoms with Crippen LogP contribution in [0.4, 0.5) is 0 Å². The fourth-order valence-electron chi connectivity index (χ4n) is 2.53. The van der Waals surface area contributed by atoms with Gasteiger partial charge in [0.1, 0.15) is 0 Å². The molecule has 2 rings (SSSR count). The summed E-state index contributed by atoms with van der Waals surface area (Å²) in [5.41, 5.74) is 8.22. The molecule has 0 radical (unpaired) electrons. The predicted molar refractivity (Wildman–Crippen MR) is 70.6 cm³/mol. The molecule has 1 aliphatic heterocycles. The molecule has 3 nitrogen and oxygen atoms in total. The predicted octanol–water partition coefficient (Wildman–Crippen LogP) is 1.81. The van der Waals surface area contributed by atoms with Crippen LogP contribution < -0.4 is 5.73 Å². The van der Waals surface area contributed by atoms with Gasteiger partial charge in [-0.3, -0.25) is 9.88 Å². The minimum Gasteiger partial charge on any atom is -0.330 e. The maximum absolute atomic E-state index is 5.83. The molecule has 3 heteroatoms. The van der Waals surface area contributed by atoms with Crippen LogP contribution >= 0.6 is 0 Å². The Bertz CT molecular complexity index is 347. The Hall–Kier alpha value is -0.930. The van der Waals surface area contributed by atoms with E-state index in [-0.39, 0.29) is 0 Å². The molecule has 0 amide bonds. The first-order chi connectivity index (χ1) is 8.19. The second-order valence-electron chi connectivity index (χ2n) is 5.30. The molecular weight excluding hydrogens is 210 g/mol. The topological polar surface area (TPSA) is 42.1 Å². The number of pyridine rings is 1. The van der Waals surface area contributed by atoms with Crippen LogP contribution in [-0.4, -0.2) is 29.5 Å². The number of likely N-dealkylation sites (tertiary alicyclic amines) is 1. The lowest BCUT2D eigenvalue weighted by atomic mass is 9.87. The number of aromatic nitrogens is 1. The molecule has 17 heavy (non-hydrogen) atoms. The molecule has 1 aromatic heterocycles. The van der Waals surface area contributed by atoms with Crippen molar-refractivity contribution in [2.24, 2.45) is 17.6 Å². The first-order valence-electron chi connectivity index (χ1n) is 6.53. The number of hydrogen-bond donors (Lipinski definition) is 1. The molecule has 2 heterocycles. The Balaban J connectivity index is 1.93. The normalized spacial score (nSPS) is 26.1. The van der Waals surface area contributed by atoms with Gasteiger partial charge in [-0.25, -0.2) is 0 Å². The average Bonchev–Trinajstić information content (AvgIpc) is 2.34. The van der Waals surface area contributed by atoms with Crippen LogP contribution in [-0.2, 0) is 6.54 Å². The van der Waals surface area contributed by atoms with Crippen molar-refractivity contribution in [3.63, 3.8) is 0 Å². The van der Waals surface area contributed by atoms with Crippen LogP contribution in [0.25, 0.3) is 0 Å². The molecule has 0 aromatic carbocycles. The Kier molecular flexibility index (Phi) is 4.13. The minimum atomic E-state index is 0.655. The number of nitrogens with zero attached hydrogens (tertiary/aromatic N) is 2. The molecule has 0 spiro atoms. The van der Waals surface area contributed by atoms with Crippen LogP contribution in [0.3, 0.4) is 0 Å². The summed E-state index contributed by atoms with van der Waals surface area (Å²) in [5, 5.41) is 0. The van der Waals surface area contributed by atoms with Gasteiger partial charge in [0.05, 0.1) is 0 Å². The van der Waals surface area contributed by atoms with Crippen molar-refractivity contribution >= 4 is 0 Å². The molecule has 94 valence electrons. The second kappa shape index (κ2) is 5.61. The van der Waals surface area contributed by atoms with E-state index in [0.29, 0.717) is 5.92 Å². The van der Waals surface area contributed by atoms with Crippen molar-refractivity contribution in [3.8, 4) is 0 Å². The highest BCUT2D eigenvalue weighted by Gasteiger charge is 2.24. The third kappa shape index (κ3) is 3.27. The van der Waals surface area contributed by atoms with E-state index in [1.54, 1.807) is 0 Å². The van der Waals surface area contributed by atoms with Gasteiger partial charge in [0.2, 0.25) is 0 Å². The molecule has 1 saturated heterocycles. The zero-order chi connectivity index (χ0) is 12.3. The summed E-state index contributed by atoms with van der Waals surface area (Å²) in [7, 11) is 0. The number of rotatable bonds is 3. The number of piperidine rings is 1. The van der Waals surface area contributed by atoms with Gasteiger partial charge in [0.25, 0.3) is 0 Å². The molecule has 0 bridgehead atoms. The van der Waals surface area contributed by atoms with Gasteiger partial charge in [-0.1, -0.05) is 13.0 Å². The van der Waals surface area contributed by atoms with E-state index in [2.05, 4.69) is 28.9 Å². The van der Waals surface area contributed by atoms with Gasteiger partial charge in [0.15, 0.2) is 0 Å². The zero-order valence-corrected chi connectivity index (χ0v) is 10.9. The maximum Gasteiger partial charge on any atom is 0.0372 e. The Morgan fingerprint density at radius 1 is 1.47 bits per heavy atom. The van der Waals surface area contributed by atoms with E-state index >= 15 is 0 Å². The van der Waals surface area contributed by atoms with Crippen molar-refractivity contribution in [3.05, 3.63) is 29.6 Å². The van der Waals surface area contributed by atoms with Gasteiger partial charge >= 0.3 is 0 Å². The standard InChI is InChI=1S/C14H23N3/c1-11-5-6-17(10-14(11)7-15)9-13-4-3-12(2)16-8-13/h3-4,8,11,14H,5-7,9-10,15H2,1-2H3. The molecule has 1 fully saturated rings. The van der Waals surface area contributed by atoms with Crippen molar-refractivity contribution in [2.45, 2.75) is 26.8 Å². The van der Waals surface area contributed by atoms with E-state index in [1.165, 1.54) is 18.5 Å². The van der Waals surface area contributed by atoms with Gasteiger partial charge in [-0.2, -0.15) is 0 Å². The van der Waals surface area contributed by atoms with Crippen LogP contribution in [0, 0.1) is 18.8 Å². The number of nitrogens with two attached hydrogens (primary N) is 1. The zero-order valence-electron chi connectivity index (χ0n) is 10.9.